The molecule has 0 radical (unpaired) electrons. The van der Waals surface area contributed by atoms with Gasteiger partial charge in [0.15, 0.2) is 22.6 Å². The average Bonchev–Trinajstić information content (AvgIpc) is 2.69. The third-order valence-electron chi connectivity index (χ3n) is 2.89. The molecule has 0 aliphatic carbocycles. The predicted octanol–water partition coefficient (Wildman–Crippen LogP) is 3.79. The Morgan fingerprint density at radius 3 is 2.44 bits per heavy atom. The molecule has 1 atom stereocenters. The lowest BCUT2D eigenvalue weighted by molar-refractivity contribution is 0.448. The van der Waals surface area contributed by atoms with Crippen LogP contribution in [0.2, 0.25) is 0 Å². The fourth-order valence-electron chi connectivity index (χ4n) is 1.53. The molecule has 98 valence electrons. The minimum absolute atomic E-state index is 0.149. The number of hydrogen-bond donors (Lipinski definition) is 1. The van der Waals surface area contributed by atoms with Crippen LogP contribution in [-0.4, -0.2) is 16.5 Å². The monoisotopic (exact) mass is 274 g/mol. The molecule has 2 rings (SSSR count). The minimum Gasteiger partial charge on any atom is -0.335 e. The van der Waals surface area contributed by atoms with Gasteiger partial charge in [-0.2, -0.15) is 0 Å². The minimum atomic E-state index is -1.46. The number of nitrogens with one attached hydrogen (secondary N) is 1. The summed E-state index contributed by atoms with van der Waals surface area (Å²) in [7, 11) is 0. The van der Waals surface area contributed by atoms with Gasteiger partial charge in [-0.15, -0.1) is 0 Å². The van der Waals surface area contributed by atoms with Crippen LogP contribution in [-0.2, 0) is 0 Å². The maximum Gasteiger partial charge on any atom is 0.194 e. The quantitative estimate of drug-likeness (QED) is 0.830. The highest BCUT2D eigenvalue weighted by atomic mass is 32.2. The summed E-state index contributed by atoms with van der Waals surface area (Å²) in [5, 5.41) is 3.41. The summed E-state index contributed by atoms with van der Waals surface area (Å²) < 4.78 is 38.8. The first-order chi connectivity index (χ1) is 8.43. The third-order valence-corrected chi connectivity index (χ3v) is 4.12. The molecule has 1 aliphatic heterocycles. The molecule has 0 fully saturated rings. The molecule has 0 bridgehead atoms. The van der Waals surface area contributed by atoms with Gasteiger partial charge >= 0.3 is 0 Å². The van der Waals surface area contributed by atoms with Gasteiger partial charge in [-0.25, -0.2) is 13.2 Å². The summed E-state index contributed by atoms with van der Waals surface area (Å²) in [5.74, 6) is -3.06. The van der Waals surface area contributed by atoms with Gasteiger partial charge in [0.1, 0.15) is 0 Å². The average molecular weight is 274 g/mol. The van der Waals surface area contributed by atoms with Crippen molar-refractivity contribution in [1.82, 2.24) is 0 Å². The van der Waals surface area contributed by atoms with Crippen molar-refractivity contribution in [2.24, 2.45) is 4.99 Å². The fourth-order valence-corrected chi connectivity index (χ4v) is 2.72. The summed E-state index contributed by atoms with van der Waals surface area (Å²) in [6.07, 6.45) is 0.886. The van der Waals surface area contributed by atoms with E-state index in [0.29, 0.717) is 5.17 Å². The first-order valence-corrected chi connectivity index (χ1v) is 6.56. The van der Waals surface area contributed by atoms with Crippen molar-refractivity contribution in [3.63, 3.8) is 0 Å². The van der Waals surface area contributed by atoms with Gasteiger partial charge in [0, 0.05) is 23.6 Å². The molecule has 2 nitrogen and oxygen atoms in total. The van der Waals surface area contributed by atoms with Crippen LogP contribution < -0.4 is 5.32 Å². The molecule has 0 saturated carbocycles. The van der Waals surface area contributed by atoms with Crippen LogP contribution in [0.1, 0.15) is 20.3 Å². The molecule has 1 N–H and O–H groups in total. The molecule has 6 heteroatoms. The highest BCUT2D eigenvalue weighted by Gasteiger charge is 2.28. The third kappa shape index (κ3) is 2.63. The summed E-state index contributed by atoms with van der Waals surface area (Å²) in [5.41, 5.74) is 0.0161. The summed E-state index contributed by atoms with van der Waals surface area (Å²) in [4.78, 5) is 4.45. The van der Waals surface area contributed by atoms with E-state index < -0.39 is 17.5 Å². The largest absolute Gasteiger partial charge is 0.335 e. The first-order valence-electron chi connectivity index (χ1n) is 5.58. The van der Waals surface area contributed by atoms with Crippen molar-refractivity contribution < 1.29 is 13.2 Å². The first kappa shape index (κ1) is 13.3. The fraction of sp³-hybridized carbons (Fsp3) is 0.417. The maximum absolute atomic E-state index is 13.0. The summed E-state index contributed by atoms with van der Waals surface area (Å²) in [6, 6.07) is 1.84. The van der Waals surface area contributed by atoms with Crippen molar-refractivity contribution in [1.29, 1.82) is 0 Å². The SMILES string of the molecule is CCC1(C)CSC(Nc2cc(F)c(F)c(F)c2)=N1. The molecule has 1 aliphatic rings. The second-order valence-corrected chi connectivity index (χ2v) is 5.40. The Hall–Kier alpha value is -1.17. The number of benzene rings is 1. The number of nitrogens with zero attached hydrogens (tertiary/aromatic N) is 1. The van der Waals surface area contributed by atoms with E-state index in [1.165, 1.54) is 11.8 Å². The lowest BCUT2D eigenvalue weighted by Gasteiger charge is -2.15. The topological polar surface area (TPSA) is 24.4 Å². The lowest BCUT2D eigenvalue weighted by atomic mass is 10.0. The van der Waals surface area contributed by atoms with Gasteiger partial charge in [0.2, 0.25) is 0 Å². The smallest absolute Gasteiger partial charge is 0.194 e. The molecular weight excluding hydrogens is 261 g/mol. The van der Waals surface area contributed by atoms with E-state index in [9.17, 15) is 13.2 Å². The van der Waals surface area contributed by atoms with Crippen molar-refractivity contribution in [3.05, 3.63) is 29.6 Å². The Bertz CT molecular complexity index is 481. The number of anilines is 1. The van der Waals surface area contributed by atoms with Gasteiger partial charge in [0.05, 0.1) is 5.54 Å². The predicted molar refractivity (Wildman–Crippen MR) is 68.5 cm³/mol. The zero-order chi connectivity index (χ0) is 13.3. The molecule has 0 amide bonds. The lowest BCUT2D eigenvalue weighted by Crippen LogP contribution is -2.20. The van der Waals surface area contributed by atoms with Gasteiger partial charge in [-0.3, -0.25) is 4.99 Å². The van der Waals surface area contributed by atoms with Crippen molar-refractivity contribution in [3.8, 4) is 0 Å². The zero-order valence-electron chi connectivity index (χ0n) is 10.1. The zero-order valence-corrected chi connectivity index (χ0v) is 10.9. The summed E-state index contributed by atoms with van der Waals surface area (Å²) >= 11 is 1.48. The molecule has 1 unspecified atom stereocenters. The number of aliphatic imine (C=N–C) groups is 1. The Kier molecular flexibility index (Phi) is 3.56. The molecular formula is C12H13F3N2S. The Labute approximate surface area is 108 Å². The van der Waals surface area contributed by atoms with E-state index in [4.69, 9.17) is 0 Å². The van der Waals surface area contributed by atoms with Crippen molar-refractivity contribution in [2.45, 2.75) is 25.8 Å². The Balaban J connectivity index is 2.19. The normalized spacial score (nSPS) is 23.1. The van der Waals surface area contributed by atoms with E-state index in [0.717, 1.165) is 24.3 Å². The van der Waals surface area contributed by atoms with Gasteiger partial charge < -0.3 is 5.32 Å². The van der Waals surface area contributed by atoms with Crippen molar-refractivity contribution in [2.75, 3.05) is 11.1 Å². The van der Waals surface area contributed by atoms with Crippen LogP contribution in [0, 0.1) is 17.5 Å². The van der Waals surface area contributed by atoms with Crippen LogP contribution in [0.15, 0.2) is 17.1 Å². The number of rotatable bonds is 2. The van der Waals surface area contributed by atoms with E-state index in [1.54, 1.807) is 0 Å². The van der Waals surface area contributed by atoms with E-state index in [1.807, 2.05) is 13.8 Å². The summed E-state index contributed by atoms with van der Waals surface area (Å²) in [6.45, 7) is 4.05. The number of amidine groups is 1. The van der Waals surface area contributed by atoms with Crippen LogP contribution in [0.4, 0.5) is 18.9 Å². The second-order valence-electron chi connectivity index (χ2n) is 4.44. The molecule has 0 saturated heterocycles. The Morgan fingerprint density at radius 1 is 1.33 bits per heavy atom. The number of halogens is 3. The van der Waals surface area contributed by atoms with Crippen LogP contribution >= 0.6 is 11.8 Å². The highest BCUT2D eigenvalue weighted by Crippen LogP contribution is 2.31. The van der Waals surface area contributed by atoms with E-state index in [2.05, 4.69) is 10.3 Å². The van der Waals surface area contributed by atoms with Gasteiger partial charge in [0.25, 0.3) is 0 Å². The molecule has 1 aromatic rings. The van der Waals surface area contributed by atoms with Gasteiger partial charge in [-0.1, -0.05) is 18.7 Å². The highest BCUT2D eigenvalue weighted by molar-refractivity contribution is 8.14. The van der Waals surface area contributed by atoms with E-state index in [-0.39, 0.29) is 11.2 Å². The van der Waals surface area contributed by atoms with Crippen LogP contribution in [0.5, 0.6) is 0 Å². The van der Waals surface area contributed by atoms with Crippen molar-refractivity contribution >= 4 is 22.6 Å². The molecule has 1 aromatic carbocycles. The van der Waals surface area contributed by atoms with Crippen LogP contribution in [0.3, 0.4) is 0 Å². The van der Waals surface area contributed by atoms with E-state index >= 15 is 0 Å². The number of thioether (sulfide) groups is 1. The maximum atomic E-state index is 13.0. The molecule has 1 heterocycles. The number of hydrogen-bond acceptors (Lipinski definition) is 3. The standard InChI is InChI=1S/C12H13F3N2S/c1-3-12(2)6-18-11(17-12)16-7-4-8(13)10(15)9(14)5-7/h4-5H,3,6H2,1-2H3,(H,16,17). The van der Waals surface area contributed by atoms with Crippen LogP contribution in [0.25, 0.3) is 0 Å². The Morgan fingerprint density at radius 2 is 1.94 bits per heavy atom. The molecule has 18 heavy (non-hydrogen) atoms. The molecule has 0 spiro atoms. The second kappa shape index (κ2) is 4.84. The molecule has 0 aromatic heterocycles. The van der Waals surface area contributed by atoms with Gasteiger partial charge in [-0.05, 0) is 13.3 Å².